The van der Waals surface area contributed by atoms with E-state index in [1.807, 2.05) is 32.8 Å². The van der Waals surface area contributed by atoms with Crippen molar-refractivity contribution >= 4 is 0 Å². The van der Waals surface area contributed by atoms with Crippen molar-refractivity contribution in [2.75, 3.05) is 20.7 Å². The van der Waals surface area contributed by atoms with Crippen LogP contribution in [0.5, 0.6) is 0 Å². The highest BCUT2D eigenvalue weighted by atomic mass is 16.5. The Morgan fingerprint density at radius 1 is 1.60 bits per heavy atom. The second-order valence-corrected chi connectivity index (χ2v) is 2.83. The zero-order chi connectivity index (χ0) is 8.15. The fraction of sp³-hybridized carbons (Fsp3) is 0.750. The summed E-state index contributed by atoms with van der Waals surface area (Å²) in [6, 6.07) is 0. The molecule has 10 heavy (non-hydrogen) atoms. The summed E-state index contributed by atoms with van der Waals surface area (Å²) in [6.45, 7) is 8.37. The summed E-state index contributed by atoms with van der Waals surface area (Å²) < 4.78 is 5.39. The maximum atomic E-state index is 5.39. The van der Waals surface area contributed by atoms with Crippen molar-refractivity contribution in [2.45, 2.75) is 20.1 Å². The summed E-state index contributed by atoms with van der Waals surface area (Å²) in [7, 11) is 3.98. The Morgan fingerprint density at radius 3 is 2.40 bits per heavy atom. The van der Waals surface area contributed by atoms with Crippen molar-refractivity contribution in [1.82, 2.24) is 4.90 Å². The van der Waals surface area contributed by atoms with Crippen molar-refractivity contribution in [3.63, 3.8) is 0 Å². The first-order chi connectivity index (χ1) is 4.54. The van der Waals surface area contributed by atoms with Gasteiger partial charge in [-0.2, -0.15) is 0 Å². The van der Waals surface area contributed by atoms with Crippen LogP contribution in [0.15, 0.2) is 12.2 Å². The van der Waals surface area contributed by atoms with Crippen molar-refractivity contribution in [2.24, 2.45) is 0 Å². The van der Waals surface area contributed by atoms with E-state index in [0.717, 1.165) is 5.57 Å². The molecular weight excluding hydrogens is 126 g/mol. The summed E-state index contributed by atoms with van der Waals surface area (Å²) in [5.41, 5.74) is 1.06. The molecule has 0 fully saturated rings. The molecule has 0 aliphatic carbocycles. The molecule has 0 amide bonds. The Balaban J connectivity index is 3.39. The smallest absolute Gasteiger partial charge is 0.107 e. The van der Waals surface area contributed by atoms with Gasteiger partial charge in [0.15, 0.2) is 0 Å². The van der Waals surface area contributed by atoms with Crippen LogP contribution >= 0.6 is 0 Å². The van der Waals surface area contributed by atoms with E-state index in [1.165, 1.54) is 0 Å². The minimum atomic E-state index is 0.177. The Hall–Kier alpha value is -0.340. The number of nitrogens with zero attached hydrogens (tertiary/aromatic N) is 1. The number of hydrogen-bond acceptors (Lipinski definition) is 2. The summed E-state index contributed by atoms with van der Waals surface area (Å²) in [5, 5.41) is 0. The molecule has 60 valence electrons. The average Bonchev–Trinajstić information content (AvgIpc) is 1.82. The van der Waals surface area contributed by atoms with Crippen LogP contribution in [0.3, 0.4) is 0 Å². The maximum Gasteiger partial charge on any atom is 0.107 e. The molecule has 2 heteroatoms. The normalized spacial score (nSPS) is 13.7. The molecule has 0 saturated carbocycles. The molecule has 1 unspecified atom stereocenters. The van der Waals surface area contributed by atoms with Gasteiger partial charge in [0.1, 0.15) is 6.23 Å². The molecular formula is C8H17NO. The Labute approximate surface area is 63.5 Å². The van der Waals surface area contributed by atoms with Gasteiger partial charge in [0, 0.05) is 0 Å². The van der Waals surface area contributed by atoms with E-state index in [9.17, 15) is 0 Å². The molecule has 0 rings (SSSR count). The van der Waals surface area contributed by atoms with Crippen molar-refractivity contribution in [3.05, 3.63) is 12.2 Å². The standard InChI is InChI=1S/C8H17NO/c1-7(2)6-10-8(3)9(4)5/h8H,1,6H2,2-5H3. The largest absolute Gasteiger partial charge is 0.359 e. The van der Waals surface area contributed by atoms with E-state index in [4.69, 9.17) is 4.74 Å². The van der Waals surface area contributed by atoms with Gasteiger partial charge in [0.05, 0.1) is 6.61 Å². The van der Waals surface area contributed by atoms with Gasteiger partial charge >= 0.3 is 0 Å². The molecule has 0 bridgehead atoms. The van der Waals surface area contributed by atoms with Crippen LogP contribution in [0, 0.1) is 0 Å². The van der Waals surface area contributed by atoms with Gasteiger partial charge in [-0.3, -0.25) is 4.90 Å². The van der Waals surface area contributed by atoms with E-state index in [1.54, 1.807) is 0 Å². The predicted octanol–water partition coefficient (Wildman–Crippen LogP) is 1.49. The fourth-order valence-corrected chi connectivity index (χ4v) is 0.412. The lowest BCUT2D eigenvalue weighted by Gasteiger charge is -2.19. The fourth-order valence-electron chi connectivity index (χ4n) is 0.412. The third-order valence-corrected chi connectivity index (χ3v) is 1.30. The van der Waals surface area contributed by atoms with E-state index in [-0.39, 0.29) is 6.23 Å². The monoisotopic (exact) mass is 143 g/mol. The highest BCUT2D eigenvalue weighted by Crippen LogP contribution is 1.96. The van der Waals surface area contributed by atoms with Gasteiger partial charge in [-0.1, -0.05) is 12.2 Å². The topological polar surface area (TPSA) is 12.5 Å². The van der Waals surface area contributed by atoms with Crippen molar-refractivity contribution in [3.8, 4) is 0 Å². The van der Waals surface area contributed by atoms with Crippen LogP contribution in [0.1, 0.15) is 13.8 Å². The Kier molecular flexibility index (Phi) is 4.32. The summed E-state index contributed by atoms with van der Waals surface area (Å²) in [6.07, 6.45) is 0.177. The van der Waals surface area contributed by atoms with Crippen LogP contribution in [0.4, 0.5) is 0 Å². The van der Waals surface area contributed by atoms with Crippen LogP contribution in [-0.2, 0) is 4.74 Å². The molecule has 0 spiro atoms. The molecule has 0 aromatic carbocycles. The van der Waals surface area contributed by atoms with Crippen LogP contribution in [0.2, 0.25) is 0 Å². The van der Waals surface area contributed by atoms with Crippen LogP contribution in [-0.4, -0.2) is 31.8 Å². The molecule has 0 N–H and O–H groups in total. The van der Waals surface area contributed by atoms with Gasteiger partial charge in [0.25, 0.3) is 0 Å². The Bertz CT molecular complexity index is 110. The summed E-state index contributed by atoms with van der Waals surface area (Å²) in [4.78, 5) is 2.02. The third kappa shape index (κ3) is 4.53. The van der Waals surface area contributed by atoms with Gasteiger partial charge in [-0.25, -0.2) is 0 Å². The average molecular weight is 143 g/mol. The van der Waals surface area contributed by atoms with Gasteiger partial charge in [0.2, 0.25) is 0 Å². The highest BCUT2D eigenvalue weighted by molar-refractivity contribution is 4.87. The third-order valence-electron chi connectivity index (χ3n) is 1.30. The molecule has 0 aliphatic rings. The minimum Gasteiger partial charge on any atom is -0.359 e. The molecule has 0 radical (unpaired) electrons. The first kappa shape index (κ1) is 9.66. The minimum absolute atomic E-state index is 0.177. The van der Waals surface area contributed by atoms with Crippen LogP contribution in [0.25, 0.3) is 0 Å². The first-order valence-electron chi connectivity index (χ1n) is 3.46. The van der Waals surface area contributed by atoms with Crippen molar-refractivity contribution < 1.29 is 4.74 Å². The highest BCUT2D eigenvalue weighted by Gasteiger charge is 2.02. The zero-order valence-electron chi connectivity index (χ0n) is 7.35. The quantitative estimate of drug-likeness (QED) is 0.436. The number of rotatable bonds is 4. The maximum absolute atomic E-state index is 5.39. The SMILES string of the molecule is C=C(C)COC(C)N(C)C. The molecule has 0 saturated heterocycles. The lowest BCUT2D eigenvalue weighted by Crippen LogP contribution is -2.27. The first-order valence-corrected chi connectivity index (χ1v) is 3.46. The lowest BCUT2D eigenvalue weighted by molar-refractivity contribution is -0.0111. The van der Waals surface area contributed by atoms with E-state index in [0.29, 0.717) is 6.61 Å². The molecule has 0 aromatic heterocycles. The van der Waals surface area contributed by atoms with Gasteiger partial charge in [-0.15, -0.1) is 0 Å². The molecule has 2 nitrogen and oxygen atoms in total. The number of hydrogen-bond donors (Lipinski definition) is 0. The van der Waals surface area contributed by atoms with Gasteiger partial charge < -0.3 is 4.74 Å². The second kappa shape index (κ2) is 4.47. The predicted molar refractivity (Wildman–Crippen MR) is 43.9 cm³/mol. The van der Waals surface area contributed by atoms with E-state index >= 15 is 0 Å². The second-order valence-electron chi connectivity index (χ2n) is 2.83. The van der Waals surface area contributed by atoms with Crippen molar-refractivity contribution in [1.29, 1.82) is 0 Å². The molecule has 1 atom stereocenters. The molecule has 0 aromatic rings. The van der Waals surface area contributed by atoms with Gasteiger partial charge in [-0.05, 0) is 27.9 Å². The Morgan fingerprint density at radius 2 is 2.10 bits per heavy atom. The number of ether oxygens (including phenoxy) is 1. The van der Waals surface area contributed by atoms with Crippen LogP contribution < -0.4 is 0 Å². The van der Waals surface area contributed by atoms with E-state index < -0.39 is 0 Å². The lowest BCUT2D eigenvalue weighted by atomic mass is 10.4. The summed E-state index contributed by atoms with van der Waals surface area (Å²) in [5.74, 6) is 0. The zero-order valence-corrected chi connectivity index (χ0v) is 7.35. The summed E-state index contributed by atoms with van der Waals surface area (Å²) >= 11 is 0. The molecule has 0 aliphatic heterocycles. The molecule has 0 heterocycles. The van der Waals surface area contributed by atoms with E-state index in [2.05, 4.69) is 6.58 Å².